The van der Waals surface area contributed by atoms with Crippen LogP contribution in [0.5, 0.6) is 0 Å². The zero-order valence-electron chi connectivity index (χ0n) is 12.3. The Bertz CT molecular complexity index is 875. The highest BCUT2D eigenvalue weighted by molar-refractivity contribution is 9.10. The number of benzene rings is 1. The third-order valence-electron chi connectivity index (χ3n) is 2.84. The van der Waals surface area contributed by atoms with Gasteiger partial charge in [0, 0.05) is 0 Å². The Morgan fingerprint density at radius 1 is 1.48 bits per heavy atom. The van der Waals surface area contributed by atoms with E-state index in [0.717, 1.165) is 16.8 Å². The van der Waals surface area contributed by atoms with Crippen molar-refractivity contribution in [2.75, 3.05) is 5.32 Å². The minimum atomic E-state index is -4.84. The number of nitrogens with one attached hydrogen (secondary N) is 1. The van der Waals surface area contributed by atoms with Crippen LogP contribution < -0.4 is 5.32 Å². The summed E-state index contributed by atoms with van der Waals surface area (Å²) < 4.78 is 29.5. The predicted octanol–water partition coefficient (Wildman–Crippen LogP) is 3.97. The number of hydrogen-bond donors (Lipinski definition) is 3. The second kappa shape index (κ2) is 7.71. The summed E-state index contributed by atoms with van der Waals surface area (Å²) in [5.41, 5.74) is -0.0567. The molecule has 1 amide bonds. The average Bonchev–Trinajstić information content (AvgIpc) is 2.76. The number of halogens is 4. The van der Waals surface area contributed by atoms with E-state index >= 15 is 0 Å². The Hall–Kier alpha value is -1.00. The van der Waals surface area contributed by atoms with Gasteiger partial charge in [0.1, 0.15) is 11.5 Å². The van der Waals surface area contributed by atoms with Gasteiger partial charge in [-0.3, -0.25) is 9.32 Å². The molecule has 1 heterocycles. The third kappa shape index (κ3) is 5.01. The molecule has 0 saturated carbocycles. The summed E-state index contributed by atoms with van der Waals surface area (Å²) in [6.07, 6.45) is -1.31. The second-order valence-corrected chi connectivity index (χ2v) is 7.42. The molecule has 0 saturated heterocycles. The van der Waals surface area contributed by atoms with Crippen molar-refractivity contribution in [2.24, 2.45) is 0 Å². The summed E-state index contributed by atoms with van der Waals surface area (Å²) in [5, 5.41) is 6.07. The monoisotopic (exact) mass is 475 g/mol. The van der Waals surface area contributed by atoms with Crippen molar-refractivity contribution in [3.63, 3.8) is 0 Å². The average molecular weight is 477 g/mol. The first kappa shape index (κ1) is 20.3. The Kier molecular flexibility index (Phi) is 6.26. The van der Waals surface area contributed by atoms with Gasteiger partial charge in [-0.1, -0.05) is 23.2 Å². The standard InChI is InChI=1S/C12H10BrCl2FN3O5P/c1-5(24-25(21,22)23)19-10(9(13)11(15)18-19)12(20)17-8-3-2-6(16)4-7(8)14/h2-5H,1H3,(H,17,20)(H2,21,22,23). The van der Waals surface area contributed by atoms with Crippen molar-refractivity contribution >= 4 is 58.5 Å². The Morgan fingerprint density at radius 3 is 2.68 bits per heavy atom. The fourth-order valence-electron chi connectivity index (χ4n) is 1.87. The minimum Gasteiger partial charge on any atom is -0.319 e. The SMILES string of the molecule is CC(OP(=O)(O)O)n1nc(Cl)c(Br)c1C(=O)Nc1ccc(F)cc1Cl. The lowest BCUT2D eigenvalue weighted by atomic mass is 10.3. The molecule has 1 aromatic carbocycles. The quantitative estimate of drug-likeness (QED) is 0.562. The zero-order chi connectivity index (χ0) is 18.9. The number of amides is 1. The fraction of sp³-hybridized carbons (Fsp3) is 0.167. The highest BCUT2D eigenvalue weighted by Crippen LogP contribution is 2.41. The molecule has 13 heteroatoms. The Labute approximate surface area is 159 Å². The van der Waals surface area contributed by atoms with Crippen LogP contribution in [0.4, 0.5) is 10.1 Å². The smallest absolute Gasteiger partial charge is 0.319 e. The van der Waals surface area contributed by atoms with Gasteiger partial charge in [-0.2, -0.15) is 5.10 Å². The van der Waals surface area contributed by atoms with Crippen molar-refractivity contribution in [1.82, 2.24) is 9.78 Å². The summed E-state index contributed by atoms with van der Waals surface area (Å²) >= 11 is 14.8. The van der Waals surface area contributed by atoms with Crippen LogP contribution in [0.3, 0.4) is 0 Å². The molecule has 0 radical (unpaired) electrons. The topological polar surface area (TPSA) is 114 Å². The van der Waals surface area contributed by atoms with Gasteiger partial charge in [0.2, 0.25) is 0 Å². The molecule has 0 aliphatic heterocycles. The number of carbonyl (C=O) groups is 1. The maximum atomic E-state index is 13.1. The van der Waals surface area contributed by atoms with Crippen LogP contribution in [0, 0.1) is 5.82 Å². The number of phosphoric ester groups is 1. The van der Waals surface area contributed by atoms with Crippen LogP contribution in [0.15, 0.2) is 22.7 Å². The molecule has 3 N–H and O–H groups in total. The minimum absolute atomic E-state index is 0.0406. The first-order chi connectivity index (χ1) is 11.5. The van der Waals surface area contributed by atoms with Crippen LogP contribution in [0.25, 0.3) is 0 Å². The van der Waals surface area contributed by atoms with E-state index in [1.807, 2.05) is 0 Å². The van der Waals surface area contributed by atoms with Crippen molar-refractivity contribution in [2.45, 2.75) is 13.2 Å². The molecule has 1 unspecified atom stereocenters. The van der Waals surface area contributed by atoms with E-state index < -0.39 is 25.8 Å². The number of anilines is 1. The highest BCUT2D eigenvalue weighted by Gasteiger charge is 2.28. The van der Waals surface area contributed by atoms with Crippen LogP contribution >= 0.6 is 47.0 Å². The highest BCUT2D eigenvalue weighted by atomic mass is 79.9. The van der Waals surface area contributed by atoms with Gasteiger partial charge in [-0.15, -0.1) is 0 Å². The molecule has 0 spiro atoms. The van der Waals surface area contributed by atoms with Gasteiger partial charge in [0.15, 0.2) is 11.4 Å². The van der Waals surface area contributed by atoms with E-state index in [9.17, 15) is 13.8 Å². The number of hydrogen-bond acceptors (Lipinski definition) is 4. The second-order valence-electron chi connectivity index (χ2n) is 4.67. The van der Waals surface area contributed by atoms with E-state index in [2.05, 4.69) is 30.9 Å². The normalized spacial score (nSPS) is 12.9. The number of phosphoric acid groups is 1. The van der Waals surface area contributed by atoms with Crippen molar-refractivity contribution in [3.8, 4) is 0 Å². The number of nitrogens with zero attached hydrogens (tertiary/aromatic N) is 2. The number of carbonyl (C=O) groups excluding carboxylic acids is 1. The Morgan fingerprint density at radius 2 is 2.12 bits per heavy atom. The lowest BCUT2D eigenvalue weighted by Gasteiger charge is -2.16. The van der Waals surface area contributed by atoms with Crippen LogP contribution in [0.2, 0.25) is 10.2 Å². The number of rotatable bonds is 5. The maximum Gasteiger partial charge on any atom is 0.471 e. The van der Waals surface area contributed by atoms with Crippen molar-refractivity contribution in [1.29, 1.82) is 0 Å². The molecule has 136 valence electrons. The molecule has 1 aromatic heterocycles. The molecule has 0 aliphatic rings. The van der Waals surface area contributed by atoms with Crippen LogP contribution in [-0.2, 0) is 9.09 Å². The van der Waals surface area contributed by atoms with E-state index in [4.69, 9.17) is 33.0 Å². The first-order valence-electron chi connectivity index (χ1n) is 6.43. The number of aromatic nitrogens is 2. The molecule has 0 aliphatic carbocycles. The molecule has 2 aromatic rings. The van der Waals surface area contributed by atoms with E-state index in [1.165, 1.54) is 13.0 Å². The lowest BCUT2D eigenvalue weighted by Crippen LogP contribution is -2.21. The fourth-order valence-corrected chi connectivity index (χ4v) is 3.18. The van der Waals surface area contributed by atoms with Crippen LogP contribution in [0.1, 0.15) is 23.6 Å². The molecule has 0 fully saturated rings. The molecule has 25 heavy (non-hydrogen) atoms. The van der Waals surface area contributed by atoms with Crippen molar-refractivity contribution < 1.29 is 28.1 Å². The van der Waals surface area contributed by atoms with Gasteiger partial charge in [0.25, 0.3) is 5.91 Å². The van der Waals surface area contributed by atoms with Crippen molar-refractivity contribution in [3.05, 3.63) is 44.4 Å². The first-order valence-corrected chi connectivity index (χ1v) is 9.51. The van der Waals surface area contributed by atoms with Gasteiger partial charge in [-0.25, -0.2) is 13.6 Å². The zero-order valence-corrected chi connectivity index (χ0v) is 16.3. The summed E-state index contributed by atoms with van der Waals surface area (Å²) in [5.74, 6) is -1.35. The third-order valence-corrected chi connectivity index (χ3v) is 4.98. The Balaban J connectivity index is 2.37. The van der Waals surface area contributed by atoms with E-state index in [1.54, 1.807) is 0 Å². The largest absolute Gasteiger partial charge is 0.471 e. The summed E-state index contributed by atoms with van der Waals surface area (Å²) in [6.45, 7) is 1.26. The lowest BCUT2D eigenvalue weighted by molar-refractivity contribution is 0.0803. The molecular formula is C12H10BrCl2FN3O5P. The summed E-state index contributed by atoms with van der Waals surface area (Å²) in [7, 11) is -4.84. The van der Waals surface area contributed by atoms with Gasteiger partial charge < -0.3 is 15.1 Å². The maximum absolute atomic E-state index is 13.1. The molecule has 8 nitrogen and oxygen atoms in total. The summed E-state index contributed by atoms with van der Waals surface area (Å²) in [4.78, 5) is 30.3. The van der Waals surface area contributed by atoms with Gasteiger partial charge in [-0.05, 0) is 41.1 Å². The molecular weight excluding hydrogens is 467 g/mol. The molecule has 2 rings (SSSR count). The van der Waals surface area contributed by atoms with Gasteiger partial charge in [0.05, 0.1) is 15.2 Å². The van der Waals surface area contributed by atoms with Gasteiger partial charge >= 0.3 is 7.82 Å². The van der Waals surface area contributed by atoms with E-state index in [-0.39, 0.29) is 26.0 Å². The predicted molar refractivity (Wildman–Crippen MR) is 92.1 cm³/mol. The molecule has 0 bridgehead atoms. The van der Waals surface area contributed by atoms with Crippen LogP contribution in [-0.4, -0.2) is 25.5 Å². The molecule has 1 atom stereocenters. The summed E-state index contributed by atoms with van der Waals surface area (Å²) in [6, 6.07) is 3.36. The van der Waals surface area contributed by atoms with E-state index in [0.29, 0.717) is 0 Å².